The molecule has 2 heterocycles. The molecule has 1 N–H and O–H groups in total. The first-order valence-corrected chi connectivity index (χ1v) is 7.59. The van der Waals surface area contributed by atoms with Gasteiger partial charge in [-0.2, -0.15) is 0 Å². The number of anilines is 1. The molecule has 0 saturated carbocycles. The van der Waals surface area contributed by atoms with Gasteiger partial charge in [-0.25, -0.2) is 9.97 Å². The number of fused-ring (bicyclic) bond motifs is 1. The van der Waals surface area contributed by atoms with Crippen LogP contribution in [0.15, 0.2) is 12.4 Å². The van der Waals surface area contributed by atoms with Gasteiger partial charge in [0.05, 0.1) is 17.4 Å². The first-order valence-electron chi connectivity index (χ1n) is 6.77. The average molecular weight is 292 g/mol. The van der Waals surface area contributed by atoms with E-state index in [4.69, 9.17) is 0 Å². The molecule has 2 aromatic heterocycles. The van der Waals surface area contributed by atoms with Crippen LogP contribution in [0.4, 0.5) is 5.82 Å². The highest BCUT2D eigenvalue weighted by molar-refractivity contribution is 7.18. The molecule has 0 amide bonds. The minimum atomic E-state index is -1.10. The number of carbonyl (C=O) groups is 1. The maximum atomic E-state index is 11.3. The summed E-state index contributed by atoms with van der Waals surface area (Å²) in [6.45, 7) is 5.92. The first kappa shape index (κ1) is 14.7. The van der Waals surface area contributed by atoms with Gasteiger partial charge in [-0.05, 0) is 18.4 Å². The van der Waals surface area contributed by atoms with Gasteiger partial charge in [-0.3, -0.25) is 0 Å². The molecule has 108 valence electrons. The number of aliphatic carboxylic acids is 1. The van der Waals surface area contributed by atoms with Gasteiger partial charge < -0.3 is 15.2 Å². The molecule has 0 spiro atoms. The van der Waals surface area contributed by atoms with Crippen molar-refractivity contribution in [3.05, 3.63) is 17.3 Å². The Bertz CT molecular complexity index is 611. The zero-order valence-corrected chi connectivity index (χ0v) is 12.7. The van der Waals surface area contributed by atoms with Crippen LogP contribution in [0.1, 0.15) is 32.1 Å². The van der Waals surface area contributed by atoms with Crippen molar-refractivity contribution >= 4 is 33.3 Å². The maximum Gasteiger partial charge on any atom is 0.138 e. The number of carbonyl (C=O) groups excluding carboxylic acids is 1. The monoisotopic (exact) mass is 292 g/mol. The van der Waals surface area contributed by atoms with Crippen LogP contribution in [0.5, 0.6) is 0 Å². The second-order valence-electron chi connectivity index (χ2n) is 4.83. The Balaban J connectivity index is 2.36. The van der Waals surface area contributed by atoms with E-state index in [1.165, 1.54) is 11.2 Å². The molecule has 2 rings (SSSR count). The van der Waals surface area contributed by atoms with Crippen LogP contribution in [-0.4, -0.2) is 22.0 Å². The number of hydrogen-bond acceptors (Lipinski definition) is 6. The molecule has 5 nitrogen and oxygen atoms in total. The standard InChI is InChI=1S/C14H19N3O2S/c1-4-8(3)11(14(18)19)17-12-10-6-9(5-2)20-13(10)16-7-15-12/h6-8,11H,4-5H2,1-3H3,(H,18,19)(H,15,16,17)/p-1/t8-,11-/m1/s1. The largest absolute Gasteiger partial charge is 0.548 e. The highest BCUT2D eigenvalue weighted by Crippen LogP contribution is 2.29. The molecule has 0 aliphatic heterocycles. The Morgan fingerprint density at radius 1 is 1.45 bits per heavy atom. The van der Waals surface area contributed by atoms with Gasteiger partial charge in [0.1, 0.15) is 17.0 Å². The number of aryl methyl sites for hydroxylation is 1. The Morgan fingerprint density at radius 3 is 2.80 bits per heavy atom. The summed E-state index contributed by atoms with van der Waals surface area (Å²) in [4.78, 5) is 21.8. The summed E-state index contributed by atoms with van der Waals surface area (Å²) in [5.74, 6) is -0.563. The lowest BCUT2D eigenvalue weighted by Crippen LogP contribution is -2.45. The van der Waals surface area contributed by atoms with Gasteiger partial charge in [-0.15, -0.1) is 11.3 Å². The number of rotatable bonds is 6. The Morgan fingerprint density at radius 2 is 2.20 bits per heavy atom. The van der Waals surface area contributed by atoms with Crippen LogP contribution < -0.4 is 10.4 Å². The van der Waals surface area contributed by atoms with Crippen LogP contribution in [0, 0.1) is 5.92 Å². The maximum absolute atomic E-state index is 11.3. The van der Waals surface area contributed by atoms with E-state index >= 15 is 0 Å². The molecule has 0 saturated heterocycles. The third-order valence-electron chi connectivity index (χ3n) is 3.49. The fraction of sp³-hybridized carbons (Fsp3) is 0.500. The molecule has 0 aliphatic rings. The van der Waals surface area contributed by atoms with Gasteiger partial charge in [0.2, 0.25) is 0 Å². The number of nitrogens with zero attached hydrogens (tertiary/aromatic N) is 2. The third kappa shape index (κ3) is 2.90. The first-order chi connectivity index (χ1) is 9.56. The Hall–Kier alpha value is -1.69. The van der Waals surface area contributed by atoms with Gasteiger partial charge in [-0.1, -0.05) is 27.2 Å². The summed E-state index contributed by atoms with van der Waals surface area (Å²) >= 11 is 1.61. The van der Waals surface area contributed by atoms with Crippen molar-refractivity contribution in [2.75, 3.05) is 5.32 Å². The Kier molecular flexibility index (Phi) is 4.54. The number of nitrogens with one attached hydrogen (secondary N) is 1. The summed E-state index contributed by atoms with van der Waals surface area (Å²) in [7, 11) is 0. The van der Waals surface area contributed by atoms with Crippen LogP contribution in [-0.2, 0) is 11.2 Å². The summed E-state index contributed by atoms with van der Waals surface area (Å²) in [5, 5.41) is 15.2. The topological polar surface area (TPSA) is 77.9 Å². The molecule has 6 heteroatoms. The van der Waals surface area contributed by atoms with Gasteiger partial charge in [0, 0.05) is 4.88 Å². The molecule has 2 aromatic rings. The second kappa shape index (κ2) is 6.17. The van der Waals surface area contributed by atoms with Crippen LogP contribution in [0.3, 0.4) is 0 Å². The summed E-state index contributed by atoms with van der Waals surface area (Å²) in [6.07, 6.45) is 3.14. The molecule has 0 aromatic carbocycles. The summed E-state index contributed by atoms with van der Waals surface area (Å²) < 4.78 is 0. The minimum absolute atomic E-state index is 0.0331. The van der Waals surface area contributed by atoms with Crippen molar-refractivity contribution in [3.8, 4) is 0 Å². The molecule has 0 unspecified atom stereocenters. The van der Waals surface area contributed by atoms with E-state index in [9.17, 15) is 9.90 Å². The van der Waals surface area contributed by atoms with E-state index in [-0.39, 0.29) is 5.92 Å². The lowest BCUT2D eigenvalue weighted by atomic mass is 9.99. The normalized spacial score (nSPS) is 14.2. The van der Waals surface area contributed by atoms with Crippen molar-refractivity contribution in [3.63, 3.8) is 0 Å². The summed E-state index contributed by atoms with van der Waals surface area (Å²) in [6, 6.07) is 1.27. The van der Waals surface area contributed by atoms with Gasteiger partial charge >= 0.3 is 0 Å². The molecule has 0 radical (unpaired) electrons. The fourth-order valence-corrected chi connectivity index (χ4v) is 2.95. The minimum Gasteiger partial charge on any atom is -0.548 e. The smallest absolute Gasteiger partial charge is 0.138 e. The van der Waals surface area contributed by atoms with Crippen molar-refractivity contribution in [2.24, 2.45) is 5.92 Å². The second-order valence-corrected chi connectivity index (χ2v) is 5.95. The fourth-order valence-electron chi connectivity index (χ4n) is 2.01. The van der Waals surface area contributed by atoms with E-state index in [0.717, 1.165) is 23.1 Å². The highest BCUT2D eigenvalue weighted by Gasteiger charge is 2.19. The average Bonchev–Trinajstić information content (AvgIpc) is 2.87. The van der Waals surface area contributed by atoms with Gasteiger partial charge in [0.25, 0.3) is 0 Å². The number of carboxylic acid groups (broad SMARTS) is 1. The van der Waals surface area contributed by atoms with Crippen LogP contribution >= 0.6 is 11.3 Å². The SMILES string of the molecule is CCc1cc2c(N[C@@H](C(=O)[O-])[C@H](C)CC)ncnc2s1. The number of thiophene rings is 1. The number of hydrogen-bond donors (Lipinski definition) is 1. The van der Waals surface area contributed by atoms with E-state index in [0.29, 0.717) is 5.82 Å². The Labute approximate surface area is 122 Å². The predicted octanol–water partition coefficient (Wildman–Crippen LogP) is 1.83. The molecule has 20 heavy (non-hydrogen) atoms. The molecular formula is C14H18N3O2S-. The number of carboxylic acids is 1. The molecule has 0 fully saturated rings. The van der Waals surface area contributed by atoms with Crippen LogP contribution in [0.2, 0.25) is 0 Å². The van der Waals surface area contributed by atoms with Crippen molar-refractivity contribution in [2.45, 2.75) is 39.7 Å². The van der Waals surface area contributed by atoms with E-state index in [1.807, 2.05) is 19.9 Å². The van der Waals surface area contributed by atoms with E-state index in [1.54, 1.807) is 11.3 Å². The zero-order valence-electron chi connectivity index (χ0n) is 11.8. The third-order valence-corrected chi connectivity index (χ3v) is 4.68. The molecule has 2 atom stereocenters. The van der Waals surface area contributed by atoms with Crippen molar-refractivity contribution < 1.29 is 9.90 Å². The lowest BCUT2D eigenvalue weighted by molar-refractivity contribution is -0.307. The van der Waals surface area contributed by atoms with E-state index in [2.05, 4.69) is 22.2 Å². The van der Waals surface area contributed by atoms with Crippen molar-refractivity contribution in [1.29, 1.82) is 0 Å². The zero-order chi connectivity index (χ0) is 14.7. The van der Waals surface area contributed by atoms with Crippen LogP contribution in [0.25, 0.3) is 10.2 Å². The molecule has 0 aliphatic carbocycles. The molecule has 0 bridgehead atoms. The lowest BCUT2D eigenvalue weighted by Gasteiger charge is -2.25. The predicted molar refractivity (Wildman–Crippen MR) is 78.7 cm³/mol. The van der Waals surface area contributed by atoms with Gasteiger partial charge in [0.15, 0.2) is 0 Å². The van der Waals surface area contributed by atoms with E-state index < -0.39 is 12.0 Å². The number of aromatic nitrogens is 2. The highest BCUT2D eigenvalue weighted by atomic mass is 32.1. The quantitative estimate of drug-likeness (QED) is 0.879. The van der Waals surface area contributed by atoms with Crippen molar-refractivity contribution in [1.82, 2.24) is 9.97 Å². The summed E-state index contributed by atoms with van der Waals surface area (Å²) in [5.41, 5.74) is 0. The molecular weight excluding hydrogens is 274 g/mol.